The number of thiophene rings is 1. The summed E-state index contributed by atoms with van der Waals surface area (Å²) in [6.07, 6.45) is 1.05. The van der Waals surface area contributed by atoms with E-state index in [2.05, 4.69) is 24.2 Å². The molecule has 2 aromatic rings. The second-order valence-corrected chi connectivity index (χ2v) is 4.31. The SMILES string of the molecule is CCc1ccc(-c2noc(N)c2C)s1. The van der Waals surface area contributed by atoms with Crippen molar-refractivity contribution in [2.24, 2.45) is 0 Å². The third-order valence-corrected chi connectivity index (χ3v) is 3.44. The topological polar surface area (TPSA) is 52.0 Å². The van der Waals surface area contributed by atoms with Gasteiger partial charge in [0.2, 0.25) is 5.88 Å². The second kappa shape index (κ2) is 3.46. The van der Waals surface area contributed by atoms with Crippen LogP contribution in [0.5, 0.6) is 0 Å². The van der Waals surface area contributed by atoms with Crippen LogP contribution in [0.2, 0.25) is 0 Å². The maximum atomic E-state index is 5.59. The zero-order valence-electron chi connectivity index (χ0n) is 8.20. The molecule has 0 saturated carbocycles. The molecule has 0 saturated heterocycles. The van der Waals surface area contributed by atoms with Crippen LogP contribution < -0.4 is 5.73 Å². The van der Waals surface area contributed by atoms with Crippen molar-refractivity contribution in [2.45, 2.75) is 20.3 Å². The third-order valence-electron chi connectivity index (χ3n) is 2.20. The predicted molar refractivity (Wildman–Crippen MR) is 58.3 cm³/mol. The molecule has 74 valence electrons. The number of aromatic nitrogens is 1. The van der Waals surface area contributed by atoms with E-state index in [-0.39, 0.29) is 0 Å². The monoisotopic (exact) mass is 208 g/mol. The Morgan fingerprint density at radius 2 is 2.29 bits per heavy atom. The van der Waals surface area contributed by atoms with Crippen molar-refractivity contribution in [1.29, 1.82) is 0 Å². The molecule has 2 heterocycles. The summed E-state index contributed by atoms with van der Waals surface area (Å²) in [6.45, 7) is 4.06. The van der Waals surface area contributed by atoms with Crippen LogP contribution in [0.4, 0.5) is 5.88 Å². The minimum Gasteiger partial charge on any atom is -0.367 e. The Bertz CT molecular complexity index is 445. The van der Waals surface area contributed by atoms with Gasteiger partial charge in [-0.2, -0.15) is 0 Å². The summed E-state index contributed by atoms with van der Waals surface area (Å²) in [5.41, 5.74) is 7.39. The fraction of sp³-hybridized carbons (Fsp3) is 0.300. The lowest BCUT2D eigenvalue weighted by Crippen LogP contribution is -1.83. The van der Waals surface area contributed by atoms with Crippen molar-refractivity contribution in [3.8, 4) is 10.6 Å². The Hall–Kier alpha value is -1.29. The largest absolute Gasteiger partial charge is 0.367 e. The normalized spacial score (nSPS) is 10.7. The number of rotatable bonds is 2. The lowest BCUT2D eigenvalue weighted by molar-refractivity contribution is 0.439. The minimum absolute atomic E-state index is 0.409. The molecule has 0 aliphatic carbocycles. The molecule has 2 N–H and O–H groups in total. The molecule has 0 aliphatic heterocycles. The fourth-order valence-electron chi connectivity index (χ4n) is 1.27. The molecule has 0 aromatic carbocycles. The van der Waals surface area contributed by atoms with Crippen molar-refractivity contribution < 1.29 is 4.52 Å². The van der Waals surface area contributed by atoms with E-state index in [1.54, 1.807) is 11.3 Å². The summed E-state index contributed by atoms with van der Waals surface area (Å²) in [5, 5.41) is 3.94. The fourth-order valence-corrected chi connectivity index (χ4v) is 2.26. The average Bonchev–Trinajstić information content (AvgIpc) is 2.75. The van der Waals surface area contributed by atoms with E-state index in [1.807, 2.05) is 6.92 Å². The summed E-state index contributed by atoms with van der Waals surface area (Å²) in [6, 6.07) is 4.18. The van der Waals surface area contributed by atoms with Gasteiger partial charge in [-0.05, 0) is 25.5 Å². The Labute approximate surface area is 86.5 Å². The van der Waals surface area contributed by atoms with Gasteiger partial charge in [0, 0.05) is 10.4 Å². The van der Waals surface area contributed by atoms with Gasteiger partial charge in [0.15, 0.2) is 0 Å². The molecule has 0 unspecified atom stereocenters. The van der Waals surface area contributed by atoms with Crippen molar-refractivity contribution in [3.63, 3.8) is 0 Å². The Morgan fingerprint density at radius 3 is 2.79 bits per heavy atom. The lowest BCUT2D eigenvalue weighted by Gasteiger charge is -1.90. The van der Waals surface area contributed by atoms with Gasteiger partial charge in [-0.25, -0.2) is 0 Å². The maximum Gasteiger partial charge on any atom is 0.225 e. The van der Waals surface area contributed by atoms with Crippen molar-refractivity contribution in [3.05, 3.63) is 22.6 Å². The zero-order valence-corrected chi connectivity index (χ0v) is 9.02. The molecule has 2 rings (SSSR count). The van der Waals surface area contributed by atoms with E-state index in [0.717, 1.165) is 22.6 Å². The molecule has 0 amide bonds. The first-order valence-corrected chi connectivity index (χ1v) is 5.35. The van der Waals surface area contributed by atoms with Gasteiger partial charge >= 0.3 is 0 Å². The molecule has 0 aliphatic rings. The molecule has 2 aromatic heterocycles. The number of hydrogen-bond acceptors (Lipinski definition) is 4. The van der Waals surface area contributed by atoms with Crippen LogP contribution in [0.1, 0.15) is 17.4 Å². The van der Waals surface area contributed by atoms with E-state index >= 15 is 0 Å². The van der Waals surface area contributed by atoms with Gasteiger partial charge in [0.05, 0.1) is 4.88 Å². The number of aryl methyl sites for hydroxylation is 1. The number of nitrogens with zero attached hydrogens (tertiary/aromatic N) is 1. The summed E-state index contributed by atoms with van der Waals surface area (Å²) in [4.78, 5) is 2.47. The highest BCUT2D eigenvalue weighted by Crippen LogP contribution is 2.31. The van der Waals surface area contributed by atoms with Gasteiger partial charge in [-0.3, -0.25) is 0 Å². The minimum atomic E-state index is 0.409. The Kier molecular flexibility index (Phi) is 2.29. The van der Waals surface area contributed by atoms with Crippen molar-refractivity contribution in [1.82, 2.24) is 5.16 Å². The average molecular weight is 208 g/mol. The highest BCUT2D eigenvalue weighted by molar-refractivity contribution is 7.15. The first-order chi connectivity index (χ1) is 6.72. The molecular formula is C10H12N2OS. The molecule has 3 nitrogen and oxygen atoms in total. The summed E-state index contributed by atoms with van der Waals surface area (Å²) >= 11 is 1.74. The summed E-state index contributed by atoms with van der Waals surface area (Å²) in [7, 11) is 0. The van der Waals surface area contributed by atoms with Gasteiger partial charge in [0.1, 0.15) is 5.69 Å². The van der Waals surface area contributed by atoms with Gasteiger partial charge in [-0.15, -0.1) is 11.3 Å². The molecule has 0 fully saturated rings. The standard InChI is InChI=1S/C10H12N2OS/c1-3-7-4-5-8(14-7)9-6(2)10(11)13-12-9/h4-5H,3,11H2,1-2H3. The van der Waals surface area contributed by atoms with E-state index < -0.39 is 0 Å². The number of hydrogen-bond donors (Lipinski definition) is 1. The van der Waals surface area contributed by atoms with Gasteiger partial charge < -0.3 is 10.3 Å². The first kappa shape index (κ1) is 9.27. The maximum absolute atomic E-state index is 5.59. The smallest absolute Gasteiger partial charge is 0.225 e. The summed E-state index contributed by atoms with van der Waals surface area (Å²) in [5.74, 6) is 0.409. The van der Waals surface area contributed by atoms with E-state index in [4.69, 9.17) is 10.3 Å². The third kappa shape index (κ3) is 1.42. The van der Waals surface area contributed by atoms with Crippen molar-refractivity contribution >= 4 is 17.2 Å². The molecule has 14 heavy (non-hydrogen) atoms. The van der Waals surface area contributed by atoms with Gasteiger partial charge in [0.25, 0.3) is 0 Å². The quantitative estimate of drug-likeness (QED) is 0.825. The number of anilines is 1. The lowest BCUT2D eigenvalue weighted by atomic mass is 10.2. The number of nitrogen functional groups attached to an aromatic ring is 1. The van der Waals surface area contributed by atoms with Crippen LogP contribution in [-0.4, -0.2) is 5.16 Å². The highest BCUT2D eigenvalue weighted by atomic mass is 32.1. The molecular weight excluding hydrogens is 196 g/mol. The van der Waals surface area contributed by atoms with Crippen LogP contribution in [0.25, 0.3) is 10.6 Å². The van der Waals surface area contributed by atoms with Crippen LogP contribution in [-0.2, 0) is 6.42 Å². The van der Waals surface area contributed by atoms with Crippen LogP contribution in [0, 0.1) is 6.92 Å². The summed E-state index contributed by atoms with van der Waals surface area (Å²) < 4.78 is 4.93. The van der Waals surface area contributed by atoms with Crippen LogP contribution in [0.15, 0.2) is 16.7 Å². The molecule has 0 radical (unpaired) electrons. The Morgan fingerprint density at radius 1 is 1.50 bits per heavy atom. The second-order valence-electron chi connectivity index (χ2n) is 3.14. The number of nitrogens with two attached hydrogens (primary N) is 1. The van der Waals surface area contributed by atoms with E-state index in [9.17, 15) is 0 Å². The highest BCUT2D eigenvalue weighted by Gasteiger charge is 2.12. The molecule has 0 spiro atoms. The molecule has 0 atom stereocenters. The first-order valence-electron chi connectivity index (χ1n) is 4.53. The Balaban J connectivity index is 2.44. The van der Waals surface area contributed by atoms with Crippen LogP contribution >= 0.6 is 11.3 Å². The molecule has 4 heteroatoms. The van der Waals surface area contributed by atoms with Crippen LogP contribution in [0.3, 0.4) is 0 Å². The van der Waals surface area contributed by atoms with Gasteiger partial charge in [-0.1, -0.05) is 12.1 Å². The predicted octanol–water partition coefficient (Wildman–Crippen LogP) is 2.86. The zero-order chi connectivity index (χ0) is 10.1. The van der Waals surface area contributed by atoms with E-state index in [1.165, 1.54) is 4.88 Å². The molecule has 0 bridgehead atoms. The van der Waals surface area contributed by atoms with Crippen molar-refractivity contribution in [2.75, 3.05) is 5.73 Å². The van der Waals surface area contributed by atoms with E-state index in [0.29, 0.717) is 5.88 Å².